The van der Waals surface area contributed by atoms with Crippen LogP contribution in [0.15, 0.2) is 320 Å². The van der Waals surface area contributed by atoms with Gasteiger partial charge in [0.2, 0.25) is 0 Å². The zero-order valence-electron chi connectivity index (χ0n) is 45.6. The Kier molecular flexibility index (Phi) is 13.4. The van der Waals surface area contributed by atoms with Crippen LogP contribution in [0, 0.1) is 7.14 Å². The molecule has 0 atom stereocenters. The zero-order chi connectivity index (χ0) is 56.1. The lowest BCUT2D eigenvalue weighted by Gasteiger charge is -2.36. The predicted molar refractivity (Wildman–Crippen MR) is 368 cm³/mol. The summed E-state index contributed by atoms with van der Waals surface area (Å²) in [6.45, 7) is 0. The van der Waals surface area contributed by atoms with Crippen molar-refractivity contribution in [3.63, 3.8) is 0 Å². The molecular weight excluding hydrogens is 1250 g/mol. The van der Waals surface area contributed by atoms with Crippen molar-refractivity contribution in [3.05, 3.63) is 345 Å². The first-order valence-electron chi connectivity index (χ1n) is 28.4. The summed E-state index contributed by atoms with van der Waals surface area (Å²) in [6.07, 6.45) is 0. The van der Waals surface area contributed by atoms with E-state index in [9.17, 15) is 0 Å². The minimum absolute atomic E-state index is 0.833. The summed E-state index contributed by atoms with van der Waals surface area (Å²) >= 11 is 4.85. The van der Waals surface area contributed by atoms with E-state index in [1.165, 1.54) is 14.7 Å². The van der Waals surface area contributed by atoms with Gasteiger partial charge in [-0.2, -0.15) is 0 Å². The Morgan fingerprint density at radius 3 is 1.24 bits per heavy atom. The number of nitrogens with zero attached hydrogens (tertiary/aromatic N) is 2. The van der Waals surface area contributed by atoms with Crippen molar-refractivity contribution in [1.82, 2.24) is 0 Å². The second-order valence-corrected chi connectivity index (χ2v) is 23.9. The number of fused-ring (bicyclic) bond motifs is 7. The van der Waals surface area contributed by atoms with Gasteiger partial charge >= 0.3 is 0 Å². The Labute approximate surface area is 517 Å². The molecule has 0 amide bonds. The molecule has 13 aromatic carbocycles. The second-order valence-electron chi connectivity index (χ2n) is 21.4. The number of benzene rings is 13. The van der Waals surface area contributed by atoms with Crippen molar-refractivity contribution in [2.75, 3.05) is 9.80 Å². The Morgan fingerprint density at radius 1 is 0.298 bits per heavy atom. The normalized spacial score (nSPS) is 12.3. The molecular formula is C79H52I2N2O. The Morgan fingerprint density at radius 2 is 0.726 bits per heavy atom. The lowest BCUT2D eigenvalue weighted by Crippen LogP contribution is -2.29. The molecule has 0 spiro atoms. The summed E-state index contributed by atoms with van der Waals surface area (Å²) in [7, 11) is 0. The van der Waals surface area contributed by atoms with E-state index in [1.807, 2.05) is 0 Å². The molecule has 1 aliphatic carbocycles. The third kappa shape index (κ3) is 8.93. The van der Waals surface area contributed by atoms with E-state index >= 15 is 0 Å². The molecule has 0 saturated carbocycles. The Balaban J connectivity index is 1.05. The van der Waals surface area contributed by atoms with Gasteiger partial charge in [-0.15, -0.1) is 0 Å². The number of rotatable bonds is 12. The maximum atomic E-state index is 7.49. The van der Waals surface area contributed by atoms with Crippen LogP contribution in [-0.4, -0.2) is 0 Å². The van der Waals surface area contributed by atoms with Gasteiger partial charge in [0, 0.05) is 46.3 Å². The van der Waals surface area contributed by atoms with Gasteiger partial charge in [0.15, 0.2) is 0 Å². The Bertz CT molecular complexity index is 4670. The van der Waals surface area contributed by atoms with Crippen molar-refractivity contribution in [3.8, 4) is 55.6 Å². The minimum atomic E-state index is -0.848. The van der Waals surface area contributed by atoms with Crippen molar-refractivity contribution < 1.29 is 4.42 Å². The summed E-state index contributed by atoms with van der Waals surface area (Å²) in [5, 5.41) is 2.10. The summed E-state index contributed by atoms with van der Waals surface area (Å²) < 4.78 is 9.82. The van der Waals surface area contributed by atoms with Crippen LogP contribution in [0.4, 0.5) is 34.1 Å². The summed E-state index contributed by atoms with van der Waals surface area (Å²) in [5.74, 6) is 0. The molecule has 1 heterocycles. The Hall–Kier alpha value is -9.28. The number of hydrogen-bond acceptors (Lipinski definition) is 3. The molecule has 0 fully saturated rings. The monoisotopic (exact) mass is 1300 g/mol. The minimum Gasteiger partial charge on any atom is -0.455 e. The van der Waals surface area contributed by atoms with Gasteiger partial charge in [0.1, 0.15) is 11.2 Å². The van der Waals surface area contributed by atoms with Crippen LogP contribution in [0.25, 0.3) is 77.6 Å². The average Bonchev–Trinajstić information content (AvgIpc) is 1.59. The van der Waals surface area contributed by atoms with Crippen LogP contribution >= 0.6 is 45.2 Å². The highest BCUT2D eigenvalue weighted by molar-refractivity contribution is 14.1. The van der Waals surface area contributed by atoms with E-state index < -0.39 is 5.41 Å². The fourth-order valence-corrected chi connectivity index (χ4v) is 13.6. The van der Waals surface area contributed by atoms with Gasteiger partial charge in [-0.3, -0.25) is 0 Å². The fraction of sp³-hybridized carbons (Fsp3) is 0.0127. The summed E-state index contributed by atoms with van der Waals surface area (Å²) in [6, 6.07) is 115. The molecule has 5 heteroatoms. The van der Waals surface area contributed by atoms with Gasteiger partial charge in [-0.05, 0) is 203 Å². The predicted octanol–water partition coefficient (Wildman–Crippen LogP) is 22.8. The zero-order valence-corrected chi connectivity index (χ0v) is 49.9. The third-order valence-electron chi connectivity index (χ3n) is 16.7. The van der Waals surface area contributed by atoms with Crippen molar-refractivity contribution >= 4 is 101 Å². The highest BCUT2D eigenvalue weighted by Gasteiger charge is 2.49. The van der Waals surface area contributed by atoms with Crippen LogP contribution in [0.2, 0.25) is 0 Å². The lowest BCUT2D eigenvalue weighted by molar-refractivity contribution is 0.669. The van der Waals surface area contributed by atoms with Gasteiger partial charge in [0.05, 0.1) is 27.9 Å². The molecule has 14 aromatic rings. The number of para-hydroxylation sites is 1. The van der Waals surface area contributed by atoms with E-state index in [0.29, 0.717) is 0 Å². The van der Waals surface area contributed by atoms with Crippen LogP contribution < -0.4 is 9.80 Å². The van der Waals surface area contributed by atoms with E-state index in [4.69, 9.17) is 4.42 Å². The van der Waals surface area contributed by atoms with E-state index in [0.717, 1.165) is 126 Å². The second kappa shape index (κ2) is 21.8. The van der Waals surface area contributed by atoms with Crippen LogP contribution in [0.1, 0.15) is 22.3 Å². The van der Waals surface area contributed by atoms with Crippen LogP contribution in [0.3, 0.4) is 0 Å². The third-order valence-corrected chi connectivity index (χ3v) is 18.1. The van der Waals surface area contributed by atoms with Gasteiger partial charge < -0.3 is 14.2 Å². The van der Waals surface area contributed by atoms with E-state index in [-0.39, 0.29) is 0 Å². The largest absolute Gasteiger partial charge is 0.455 e. The SMILES string of the molecule is Ic1ccc(N(c2ccc3c(c2)C(c2ccccc2)(c2ccccc2)c2cc(N(c4ccc(I)cc4)c4ccc(-c5ccccc5)cc4-c4ccccc4)c4c(oc5ccccc54)c2-3)c2ccc(-c3ccccc3)cc2-c2ccccc2)cc1. The first kappa shape index (κ1) is 51.6. The summed E-state index contributed by atoms with van der Waals surface area (Å²) in [5.41, 5.74) is 23.1. The summed E-state index contributed by atoms with van der Waals surface area (Å²) in [4.78, 5) is 4.96. The molecule has 15 rings (SSSR count). The average molecular weight is 1300 g/mol. The van der Waals surface area contributed by atoms with E-state index in [1.54, 1.807) is 0 Å². The van der Waals surface area contributed by atoms with E-state index in [2.05, 4.69) is 370 Å². The van der Waals surface area contributed by atoms with Crippen molar-refractivity contribution in [2.45, 2.75) is 5.41 Å². The molecule has 84 heavy (non-hydrogen) atoms. The molecule has 3 nitrogen and oxygen atoms in total. The lowest BCUT2D eigenvalue weighted by atomic mass is 9.67. The van der Waals surface area contributed by atoms with Crippen molar-refractivity contribution in [1.29, 1.82) is 0 Å². The molecule has 0 unspecified atom stereocenters. The molecule has 0 N–H and O–H groups in total. The van der Waals surface area contributed by atoms with Gasteiger partial charge in [-0.1, -0.05) is 218 Å². The molecule has 1 aliphatic rings. The van der Waals surface area contributed by atoms with Gasteiger partial charge in [-0.25, -0.2) is 0 Å². The van der Waals surface area contributed by atoms with Gasteiger partial charge in [0.25, 0.3) is 0 Å². The number of hydrogen-bond donors (Lipinski definition) is 0. The number of halogens is 2. The molecule has 1 aromatic heterocycles. The maximum absolute atomic E-state index is 7.49. The quantitative estimate of drug-likeness (QED) is 0.114. The van der Waals surface area contributed by atoms with Crippen molar-refractivity contribution in [2.24, 2.45) is 0 Å². The highest BCUT2D eigenvalue weighted by atomic mass is 127. The topological polar surface area (TPSA) is 19.6 Å². The molecule has 0 saturated heterocycles. The first-order valence-corrected chi connectivity index (χ1v) is 30.5. The highest BCUT2D eigenvalue weighted by Crippen LogP contribution is 2.62. The number of anilines is 6. The molecule has 0 bridgehead atoms. The van der Waals surface area contributed by atoms with Crippen LogP contribution in [-0.2, 0) is 5.41 Å². The standard InChI is InChI=1S/C79H52I2N2O/c80-61-37-41-63(42-38-61)82(72-47-35-57(53-21-7-1-8-22-53)49-68(72)55-25-11-3-12-26-55)65-45-46-66-70(51-65)79(59-29-15-5-16-30-59,60-31-17-6-18-32-60)71-52-74(77-67-33-19-20-34-75(67)84-78(77)76(66)71)83(64-43-39-62(81)40-44-64)73-48-36-58(54-23-9-2-10-24-54)50-69(73)56-27-13-4-14-28-56/h1-52H. The van der Waals surface area contributed by atoms with Crippen LogP contribution in [0.5, 0.6) is 0 Å². The number of furan rings is 1. The molecule has 0 aliphatic heterocycles. The fourth-order valence-electron chi connectivity index (χ4n) is 12.9. The first-order chi connectivity index (χ1) is 41.5. The smallest absolute Gasteiger partial charge is 0.145 e. The molecule has 398 valence electrons. The maximum Gasteiger partial charge on any atom is 0.145 e. The molecule has 0 radical (unpaired) electrons.